The number of urea groups is 1. The Labute approximate surface area is 224 Å². The molecule has 1 atom stereocenters. The Morgan fingerprint density at radius 2 is 1.81 bits per heavy atom. The topological polar surface area (TPSA) is 82.2 Å². The molecule has 0 aliphatic carbocycles. The van der Waals surface area contributed by atoms with Crippen LogP contribution in [-0.4, -0.2) is 79.0 Å². The Morgan fingerprint density at radius 1 is 1.11 bits per heavy atom. The molecule has 0 aromatic heterocycles. The first-order valence-electron chi connectivity index (χ1n) is 11.9. The monoisotopic (exact) mass is 548 g/mol. The van der Waals surface area contributed by atoms with Gasteiger partial charge in [-0.05, 0) is 36.8 Å². The second-order valence-corrected chi connectivity index (χ2v) is 9.58. The number of benzene rings is 2. The molecule has 0 bridgehead atoms. The SMILES string of the molecule is CCOC(=O)C1=C(CN2CCN(C(=O)c3ccccc3F)CC2)N(C)C(=O)N[C@H]1c1ccc(Cl)cc1Cl. The Bertz CT molecular complexity index is 1250. The number of nitrogens with one attached hydrogen (secondary N) is 1. The van der Waals surface area contributed by atoms with Gasteiger partial charge in [0.25, 0.3) is 5.91 Å². The lowest BCUT2D eigenvalue weighted by atomic mass is 9.94. The molecule has 11 heteroatoms. The first kappa shape index (κ1) is 26.9. The molecule has 3 amide bonds. The van der Waals surface area contributed by atoms with Crippen molar-refractivity contribution in [2.45, 2.75) is 13.0 Å². The van der Waals surface area contributed by atoms with Gasteiger partial charge in [-0.15, -0.1) is 0 Å². The van der Waals surface area contributed by atoms with Gasteiger partial charge in [-0.3, -0.25) is 14.6 Å². The molecule has 4 rings (SSSR count). The molecule has 2 aliphatic rings. The van der Waals surface area contributed by atoms with Crippen LogP contribution in [0.4, 0.5) is 9.18 Å². The fourth-order valence-corrected chi connectivity index (χ4v) is 5.01. The number of halogens is 3. The zero-order valence-electron chi connectivity index (χ0n) is 20.5. The fourth-order valence-electron chi connectivity index (χ4n) is 4.49. The van der Waals surface area contributed by atoms with Crippen LogP contribution in [0.1, 0.15) is 28.9 Å². The minimum Gasteiger partial charge on any atom is -0.463 e. The minimum atomic E-state index is -0.827. The van der Waals surface area contributed by atoms with Crippen LogP contribution < -0.4 is 5.32 Å². The first-order chi connectivity index (χ1) is 17.7. The third kappa shape index (κ3) is 5.74. The predicted octanol–water partition coefficient (Wildman–Crippen LogP) is 4.10. The highest BCUT2D eigenvalue weighted by atomic mass is 35.5. The number of esters is 1. The van der Waals surface area contributed by atoms with Crippen molar-refractivity contribution in [2.75, 3.05) is 46.4 Å². The van der Waals surface area contributed by atoms with E-state index in [-0.39, 0.29) is 30.2 Å². The number of amides is 3. The van der Waals surface area contributed by atoms with Crippen LogP contribution in [0.3, 0.4) is 0 Å². The Morgan fingerprint density at radius 3 is 2.46 bits per heavy atom. The molecule has 1 saturated heterocycles. The Kier molecular flexibility index (Phi) is 8.36. The normalized spacial score (nSPS) is 18.6. The summed E-state index contributed by atoms with van der Waals surface area (Å²) >= 11 is 12.5. The molecule has 0 radical (unpaired) electrons. The van der Waals surface area contributed by atoms with Crippen molar-refractivity contribution in [1.82, 2.24) is 20.0 Å². The summed E-state index contributed by atoms with van der Waals surface area (Å²) < 4.78 is 19.5. The molecular weight excluding hydrogens is 522 g/mol. The highest BCUT2D eigenvalue weighted by molar-refractivity contribution is 6.35. The van der Waals surface area contributed by atoms with Gasteiger partial charge in [-0.2, -0.15) is 0 Å². The minimum absolute atomic E-state index is 0.0367. The lowest BCUT2D eigenvalue weighted by molar-refractivity contribution is -0.139. The number of hydrogen-bond donors (Lipinski definition) is 1. The van der Waals surface area contributed by atoms with Gasteiger partial charge >= 0.3 is 12.0 Å². The molecule has 8 nitrogen and oxygen atoms in total. The highest BCUT2D eigenvalue weighted by Crippen LogP contribution is 2.36. The summed E-state index contributed by atoms with van der Waals surface area (Å²) in [6.45, 7) is 3.82. The van der Waals surface area contributed by atoms with E-state index in [0.717, 1.165) is 0 Å². The van der Waals surface area contributed by atoms with E-state index >= 15 is 0 Å². The molecule has 37 heavy (non-hydrogen) atoms. The fraction of sp³-hybridized carbons (Fsp3) is 0.346. The third-order valence-corrected chi connectivity index (χ3v) is 7.05. The van der Waals surface area contributed by atoms with E-state index in [9.17, 15) is 18.8 Å². The van der Waals surface area contributed by atoms with E-state index in [1.807, 2.05) is 4.90 Å². The van der Waals surface area contributed by atoms with Gasteiger partial charge < -0.3 is 15.0 Å². The summed E-state index contributed by atoms with van der Waals surface area (Å²) in [5.41, 5.74) is 1.31. The van der Waals surface area contributed by atoms with Crippen molar-refractivity contribution in [2.24, 2.45) is 0 Å². The van der Waals surface area contributed by atoms with E-state index in [2.05, 4.69) is 5.32 Å². The molecule has 2 heterocycles. The molecule has 0 unspecified atom stereocenters. The first-order valence-corrected chi connectivity index (χ1v) is 12.6. The van der Waals surface area contributed by atoms with Crippen molar-refractivity contribution < 1.29 is 23.5 Å². The van der Waals surface area contributed by atoms with Gasteiger partial charge in [0.15, 0.2) is 0 Å². The number of nitrogens with zero attached hydrogens (tertiary/aromatic N) is 3. The summed E-state index contributed by atoms with van der Waals surface area (Å²) in [5, 5.41) is 3.58. The Balaban J connectivity index is 1.59. The van der Waals surface area contributed by atoms with Crippen molar-refractivity contribution in [3.05, 3.63) is 80.7 Å². The van der Waals surface area contributed by atoms with E-state index in [0.29, 0.717) is 47.5 Å². The van der Waals surface area contributed by atoms with Gasteiger partial charge in [0, 0.05) is 55.5 Å². The maximum atomic E-state index is 14.1. The van der Waals surface area contributed by atoms with E-state index < -0.39 is 23.9 Å². The summed E-state index contributed by atoms with van der Waals surface area (Å²) in [4.78, 5) is 43.9. The zero-order valence-corrected chi connectivity index (χ0v) is 22.0. The van der Waals surface area contributed by atoms with Gasteiger partial charge in [-0.1, -0.05) is 41.4 Å². The number of likely N-dealkylation sites (N-methyl/N-ethyl adjacent to an activating group) is 1. The van der Waals surface area contributed by atoms with Crippen molar-refractivity contribution in [1.29, 1.82) is 0 Å². The molecule has 2 aliphatic heterocycles. The number of rotatable bonds is 6. The molecule has 1 N–H and O–H groups in total. The number of ether oxygens (including phenoxy) is 1. The van der Waals surface area contributed by atoms with Crippen molar-refractivity contribution in [3.63, 3.8) is 0 Å². The lowest BCUT2D eigenvalue weighted by Crippen LogP contribution is -2.53. The van der Waals surface area contributed by atoms with Crippen molar-refractivity contribution in [3.8, 4) is 0 Å². The quantitative estimate of drug-likeness (QED) is 0.549. The number of carbonyl (C=O) groups is 3. The maximum absolute atomic E-state index is 14.1. The van der Waals surface area contributed by atoms with Gasteiger partial charge in [0.1, 0.15) is 5.82 Å². The van der Waals surface area contributed by atoms with Crippen LogP contribution in [0.15, 0.2) is 53.7 Å². The molecule has 196 valence electrons. The van der Waals surface area contributed by atoms with E-state index in [1.165, 1.54) is 17.0 Å². The van der Waals surface area contributed by atoms with Crippen LogP contribution >= 0.6 is 23.2 Å². The summed E-state index contributed by atoms with van der Waals surface area (Å²) in [7, 11) is 1.58. The predicted molar refractivity (Wildman–Crippen MR) is 138 cm³/mol. The molecule has 0 saturated carbocycles. The largest absolute Gasteiger partial charge is 0.463 e. The summed E-state index contributed by atoms with van der Waals surface area (Å²) in [5.74, 6) is -1.48. The number of carbonyl (C=O) groups excluding carboxylic acids is 3. The highest BCUT2D eigenvalue weighted by Gasteiger charge is 2.38. The van der Waals surface area contributed by atoms with Crippen molar-refractivity contribution >= 4 is 41.1 Å². The smallest absolute Gasteiger partial charge is 0.338 e. The van der Waals surface area contributed by atoms with Gasteiger partial charge in [0.05, 0.1) is 23.8 Å². The van der Waals surface area contributed by atoms with Crippen LogP contribution in [0.5, 0.6) is 0 Å². The molecule has 1 fully saturated rings. The summed E-state index contributed by atoms with van der Waals surface area (Å²) in [6.07, 6.45) is 0. The second-order valence-electron chi connectivity index (χ2n) is 8.74. The van der Waals surface area contributed by atoms with Crippen LogP contribution in [0, 0.1) is 5.82 Å². The zero-order chi connectivity index (χ0) is 26.7. The molecule has 2 aromatic rings. The van der Waals surface area contributed by atoms with Gasteiger partial charge in [0.2, 0.25) is 0 Å². The number of hydrogen-bond acceptors (Lipinski definition) is 5. The maximum Gasteiger partial charge on any atom is 0.338 e. The third-order valence-electron chi connectivity index (χ3n) is 6.48. The Hall–Kier alpha value is -3.14. The molecule has 0 spiro atoms. The standard InChI is InChI=1S/C26H27Cl2FN4O4/c1-3-37-25(35)22-21(31(2)26(36)30-23(22)17-9-8-16(27)14-19(17)28)15-32-10-12-33(13-11-32)24(34)18-6-4-5-7-20(18)29/h4-9,14,23H,3,10-13,15H2,1-2H3,(H,30,36)/t23-/m0/s1. The average molecular weight is 549 g/mol. The van der Waals surface area contributed by atoms with Crippen LogP contribution in [0.25, 0.3) is 0 Å². The molecule has 2 aromatic carbocycles. The lowest BCUT2D eigenvalue weighted by Gasteiger charge is -2.39. The van der Waals surface area contributed by atoms with Gasteiger partial charge in [-0.25, -0.2) is 14.0 Å². The number of piperazine rings is 1. The molecular formula is C26H27Cl2FN4O4. The van der Waals surface area contributed by atoms with E-state index in [1.54, 1.807) is 49.2 Å². The van der Waals surface area contributed by atoms with Crippen LogP contribution in [0.2, 0.25) is 10.0 Å². The average Bonchev–Trinajstić information content (AvgIpc) is 2.87. The van der Waals surface area contributed by atoms with E-state index in [4.69, 9.17) is 27.9 Å². The van der Waals surface area contributed by atoms with Crippen LogP contribution in [-0.2, 0) is 9.53 Å². The second kappa shape index (κ2) is 11.5. The summed E-state index contributed by atoms with van der Waals surface area (Å²) in [6, 6.07) is 9.55.